The molecule has 0 bridgehead atoms. The van der Waals surface area contributed by atoms with Crippen LogP contribution in [0, 0.1) is 6.92 Å². The van der Waals surface area contributed by atoms with Gasteiger partial charge in [-0.15, -0.1) is 0 Å². The lowest BCUT2D eigenvalue weighted by molar-refractivity contribution is -0.154. The molecule has 6 nitrogen and oxygen atoms in total. The number of rotatable bonds is 7. The van der Waals surface area contributed by atoms with Crippen LogP contribution in [0.4, 0.5) is 5.82 Å². The van der Waals surface area contributed by atoms with E-state index in [-0.39, 0.29) is 12.4 Å². The Bertz CT molecular complexity index is 621. The van der Waals surface area contributed by atoms with Crippen molar-refractivity contribution in [1.82, 2.24) is 5.16 Å². The summed E-state index contributed by atoms with van der Waals surface area (Å²) in [5, 5.41) is 10.2. The lowest BCUT2D eigenvalue weighted by Crippen LogP contribution is -2.32. The van der Waals surface area contributed by atoms with E-state index in [1.807, 2.05) is 16.8 Å². The van der Waals surface area contributed by atoms with Gasteiger partial charge in [0.25, 0.3) is 5.91 Å². The van der Waals surface area contributed by atoms with Crippen LogP contribution in [0.2, 0.25) is 0 Å². The SMILES string of the molecule is CCC(OC(=O)CCc1ccsc1)C(=O)Nc1cc(C)on1. The molecule has 1 atom stereocenters. The van der Waals surface area contributed by atoms with Crippen molar-refractivity contribution in [2.45, 2.75) is 39.2 Å². The Morgan fingerprint density at radius 3 is 2.91 bits per heavy atom. The number of carbonyl (C=O) groups excluding carboxylic acids is 2. The number of amides is 1. The van der Waals surface area contributed by atoms with Crippen molar-refractivity contribution in [3.05, 3.63) is 34.2 Å². The summed E-state index contributed by atoms with van der Waals surface area (Å²) < 4.78 is 10.1. The molecule has 0 aliphatic carbocycles. The molecule has 0 saturated carbocycles. The zero-order valence-corrected chi connectivity index (χ0v) is 13.3. The van der Waals surface area contributed by atoms with Crippen molar-refractivity contribution in [2.24, 2.45) is 0 Å². The number of hydrogen-bond donors (Lipinski definition) is 1. The van der Waals surface area contributed by atoms with Crippen LogP contribution in [0.25, 0.3) is 0 Å². The van der Waals surface area contributed by atoms with Crippen LogP contribution < -0.4 is 5.32 Å². The monoisotopic (exact) mass is 322 g/mol. The van der Waals surface area contributed by atoms with Crippen LogP contribution in [0.15, 0.2) is 27.4 Å². The van der Waals surface area contributed by atoms with E-state index in [2.05, 4.69) is 10.5 Å². The number of aromatic nitrogens is 1. The summed E-state index contributed by atoms with van der Waals surface area (Å²) in [6.45, 7) is 3.51. The predicted molar refractivity (Wildman–Crippen MR) is 82.7 cm³/mol. The predicted octanol–water partition coefficient (Wildman–Crippen LogP) is 2.94. The number of ether oxygens (including phenoxy) is 1. The van der Waals surface area contributed by atoms with Gasteiger partial charge in [0.15, 0.2) is 11.9 Å². The Labute approximate surface area is 132 Å². The molecule has 0 saturated heterocycles. The molecule has 0 spiro atoms. The minimum absolute atomic E-state index is 0.254. The molecule has 2 aromatic rings. The first kappa shape index (κ1) is 16.2. The third kappa shape index (κ3) is 4.70. The highest BCUT2D eigenvalue weighted by atomic mass is 32.1. The number of esters is 1. The number of aryl methyl sites for hydroxylation is 2. The maximum atomic E-state index is 12.1. The van der Waals surface area contributed by atoms with Gasteiger partial charge >= 0.3 is 5.97 Å². The minimum atomic E-state index is -0.827. The second kappa shape index (κ2) is 7.74. The van der Waals surface area contributed by atoms with E-state index in [0.717, 1.165) is 5.56 Å². The van der Waals surface area contributed by atoms with Crippen molar-refractivity contribution in [3.8, 4) is 0 Å². The highest BCUT2D eigenvalue weighted by Gasteiger charge is 2.22. The van der Waals surface area contributed by atoms with E-state index in [0.29, 0.717) is 24.4 Å². The molecule has 0 aromatic carbocycles. The van der Waals surface area contributed by atoms with Gasteiger partial charge in [-0.2, -0.15) is 11.3 Å². The molecule has 1 amide bonds. The molecule has 2 rings (SSSR count). The van der Waals surface area contributed by atoms with Crippen molar-refractivity contribution in [2.75, 3.05) is 5.32 Å². The van der Waals surface area contributed by atoms with Crippen LogP contribution >= 0.6 is 11.3 Å². The minimum Gasteiger partial charge on any atom is -0.452 e. The molecule has 0 fully saturated rings. The van der Waals surface area contributed by atoms with Gasteiger partial charge in [-0.1, -0.05) is 12.1 Å². The third-order valence-electron chi connectivity index (χ3n) is 3.01. The number of thiophene rings is 1. The van der Waals surface area contributed by atoms with Crippen molar-refractivity contribution in [3.63, 3.8) is 0 Å². The van der Waals surface area contributed by atoms with Crippen LogP contribution in [-0.4, -0.2) is 23.1 Å². The summed E-state index contributed by atoms with van der Waals surface area (Å²) in [5.74, 6) is 0.121. The van der Waals surface area contributed by atoms with Crippen molar-refractivity contribution < 1.29 is 18.8 Å². The summed E-state index contributed by atoms with van der Waals surface area (Å²) in [7, 11) is 0. The zero-order chi connectivity index (χ0) is 15.9. The highest BCUT2D eigenvalue weighted by molar-refractivity contribution is 7.07. The maximum absolute atomic E-state index is 12.1. The van der Waals surface area contributed by atoms with Gasteiger partial charge in [-0.05, 0) is 42.2 Å². The van der Waals surface area contributed by atoms with Crippen LogP contribution in [0.3, 0.4) is 0 Å². The van der Waals surface area contributed by atoms with Gasteiger partial charge in [-0.25, -0.2) is 0 Å². The lowest BCUT2D eigenvalue weighted by atomic mass is 10.2. The van der Waals surface area contributed by atoms with E-state index < -0.39 is 12.0 Å². The Morgan fingerprint density at radius 2 is 2.32 bits per heavy atom. The molecule has 1 unspecified atom stereocenters. The normalized spacial score (nSPS) is 11.9. The van der Waals surface area contributed by atoms with Gasteiger partial charge in [0, 0.05) is 12.5 Å². The number of nitrogens with one attached hydrogen (secondary N) is 1. The van der Waals surface area contributed by atoms with Gasteiger partial charge in [0.2, 0.25) is 0 Å². The fourth-order valence-corrected chi connectivity index (χ4v) is 2.56. The smallest absolute Gasteiger partial charge is 0.306 e. The molecule has 2 heterocycles. The summed E-state index contributed by atoms with van der Waals surface area (Å²) in [6.07, 6.45) is 0.436. The number of nitrogens with zero attached hydrogens (tertiary/aromatic N) is 1. The average Bonchev–Trinajstić information content (AvgIpc) is 3.14. The van der Waals surface area contributed by atoms with Crippen LogP contribution in [-0.2, 0) is 20.7 Å². The summed E-state index contributed by atoms with van der Waals surface area (Å²) in [5.41, 5.74) is 1.09. The second-order valence-corrected chi connectivity index (χ2v) is 5.61. The topological polar surface area (TPSA) is 81.4 Å². The molecule has 0 radical (unpaired) electrons. The average molecular weight is 322 g/mol. The number of carbonyl (C=O) groups is 2. The van der Waals surface area contributed by atoms with Crippen molar-refractivity contribution >= 4 is 29.0 Å². The van der Waals surface area contributed by atoms with Crippen LogP contribution in [0.1, 0.15) is 31.1 Å². The van der Waals surface area contributed by atoms with E-state index in [9.17, 15) is 9.59 Å². The Hall–Kier alpha value is -2.15. The molecule has 0 aliphatic rings. The molecular formula is C15H18N2O4S. The van der Waals surface area contributed by atoms with Gasteiger partial charge < -0.3 is 14.6 Å². The molecular weight excluding hydrogens is 304 g/mol. The fraction of sp³-hybridized carbons (Fsp3) is 0.400. The Kier molecular flexibility index (Phi) is 5.71. The van der Waals surface area contributed by atoms with E-state index in [1.54, 1.807) is 31.3 Å². The molecule has 2 aromatic heterocycles. The molecule has 118 valence electrons. The van der Waals surface area contributed by atoms with Gasteiger partial charge in [0.1, 0.15) is 5.76 Å². The quantitative estimate of drug-likeness (QED) is 0.793. The maximum Gasteiger partial charge on any atom is 0.306 e. The zero-order valence-electron chi connectivity index (χ0n) is 12.5. The lowest BCUT2D eigenvalue weighted by Gasteiger charge is -2.14. The Balaban J connectivity index is 1.82. The molecule has 0 aliphatic heterocycles. The highest BCUT2D eigenvalue weighted by Crippen LogP contribution is 2.12. The van der Waals surface area contributed by atoms with E-state index in [1.165, 1.54) is 0 Å². The standard InChI is InChI=1S/C15H18N2O4S/c1-3-12(15(19)16-13-8-10(2)21-17-13)20-14(18)5-4-11-6-7-22-9-11/h6-9,12H,3-5H2,1-2H3,(H,16,17,19). The molecule has 7 heteroatoms. The first-order valence-electron chi connectivity index (χ1n) is 7.03. The molecule has 1 N–H and O–H groups in total. The summed E-state index contributed by atoms with van der Waals surface area (Å²) >= 11 is 1.59. The van der Waals surface area contributed by atoms with Gasteiger partial charge in [0.05, 0.1) is 0 Å². The first-order valence-corrected chi connectivity index (χ1v) is 7.97. The van der Waals surface area contributed by atoms with Gasteiger partial charge in [-0.3, -0.25) is 9.59 Å². The first-order chi connectivity index (χ1) is 10.6. The molecule has 22 heavy (non-hydrogen) atoms. The summed E-state index contributed by atoms with van der Waals surface area (Å²) in [4.78, 5) is 23.9. The summed E-state index contributed by atoms with van der Waals surface area (Å²) in [6, 6.07) is 3.57. The third-order valence-corrected chi connectivity index (χ3v) is 3.75. The van der Waals surface area contributed by atoms with E-state index in [4.69, 9.17) is 9.26 Å². The van der Waals surface area contributed by atoms with Crippen molar-refractivity contribution in [1.29, 1.82) is 0 Å². The number of hydrogen-bond acceptors (Lipinski definition) is 6. The largest absolute Gasteiger partial charge is 0.452 e. The Morgan fingerprint density at radius 1 is 1.50 bits per heavy atom. The second-order valence-electron chi connectivity index (χ2n) is 4.83. The number of anilines is 1. The van der Waals surface area contributed by atoms with Crippen LogP contribution in [0.5, 0.6) is 0 Å². The fourth-order valence-electron chi connectivity index (χ4n) is 1.85. The van der Waals surface area contributed by atoms with E-state index >= 15 is 0 Å².